The highest BCUT2D eigenvalue weighted by Crippen LogP contribution is 2.20. The number of hydrogen-bond acceptors (Lipinski definition) is 3. The predicted molar refractivity (Wildman–Crippen MR) is 44.9 cm³/mol. The Bertz CT molecular complexity index is 261. The SMILES string of the molecule is O=[N+]([O-])C1=CC(Br)=C(Cl)NC1. The summed E-state index contributed by atoms with van der Waals surface area (Å²) in [4.78, 5) is 9.77. The molecule has 1 N–H and O–H groups in total. The van der Waals surface area contributed by atoms with Crippen LogP contribution in [0.15, 0.2) is 21.4 Å². The second-order valence-corrected chi connectivity index (χ2v) is 3.14. The van der Waals surface area contributed by atoms with Crippen molar-refractivity contribution in [3.63, 3.8) is 0 Å². The van der Waals surface area contributed by atoms with Gasteiger partial charge in [0.05, 0.1) is 9.41 Å². The van der Waals surface area contributed by atoms with E-state index in [9.17, 15) is 10.1 Å². The van der Waals surface area contributed by atoms with Crippen molar-refractivity contribution >= 4 is 27.5 Å². The first-order chi connectivity index (χ1) is 5.11. The van der Waals surface area contributed by atoms with Crippen molar-refractivity contribution in [2.24, 2.45) is 0 Å². The van der Waals surface area contributed by atoms with Crippen molar-refractivity contribution in [3.05, 3.63) is 31.5 Å². The molecule has 1 rings (SSSR count). The standard InChI is InChI=1S/C5H4BrClN2O2/c6-4-1-3(9(10)11)2-8-5(4)7/h1,8H,2H2. The van der Waals surface area contributed by atoms with Crippen LogP contribution in [0, 0.1) is 10.1 Å². The molecule has 0 amide bonds. The smallest absolute Gasteiger partial charge is 0.266 e. The summed E-state index contributed by atoms with van der Waals surface area (Å²) in [6.07, 6.45) is 1.39. The van der Waals surface area contributed by atoms with Crippen LogP contribution < -0.4 is 5.32 Å². The lowest BCUT2D eigenvalue weighted by atomic mass is 10.3. The normalized spacial score (nSPS) is 17.5. The maximum Gasteiger partial charge on any atom is 0.266 e. The number of nitrogens with zero attached hydrogens (tertiary/aromatic N) is 1. The van der Waals surface area contributed by atoms with Gasteiger partial charge in [-0.2, -0.15) is 0 Å². The van der Waals surface area contributed by atoms with Crippen LogP contribution in [-0.4, -0.2) is 11.5 Å². The molecule has 1 aliphatic rings. The van der Waals surface area contributed by atoms with Crippen molar-refractivity contribution in [2.75, 3.05) is 6.54 Å². The van der Waals surface area contributed by atoms with Crippen LogP contribution in [-0.2, 0) is 0 Å². The molecule has 0 aromatic heterocycles. The second-order valence-electron chi connectivity index (χ2n) is 1.91. The second kappa shape index (κ2) is 3.23. The van der Waals surface area contributed by atoms with Gasteiger partial charge in [-0.15, -0.1) is 0 Å². The van der Waals surface area contributed by atoms with Gasteiger partial charge in [-0.05, 0) is 15.9 Å². The number of hydrogen-bond donors (Lipinski definition) is 1. The molecular formula is C5H4BrClN2O2. The fourth-order valence-electron chi connectivity index (χ4n) is 0.631. The fourth-order valence-corrected chi connectivity index (χ4v) is 1.16. The quantitative estimate of drug-likeness (QED) is 0.429. The van der Waals surface area contributed by atoms with Gasteiger partial charge in [-0.3, -0.25) is 10.1 Å². The monoisotopic (exact) mass is 238 g/mol. The lowest BCUT2D eigenvalue weighted by molar-refractivity contribution is -0.426. The van der Waals surface area contributed by atoms with Crippen molar-refractivity contribution in [1.82, 2.24) is 5.32 Å². The molecule has 0 fully saturated rings. The summed E-state index contributed by atoms with van der Waals surface area (Å²) in [5, 5.41) is 13.3. The van der Waals surface area contributed by atoms with Crippen LogP contribution >= 0.6 is 27.5 Å². The first-order valence-corrected chi connectivity index (χ1v) is 3.92. The molecule has 0 saturated heterocycles. The average molecular weight is 239 g/mol. The molecule has 1 heterocycles. The largest absolute Gasteiger partial charge is 0.365 e. The Hall–Kier alpha value is -0.550. The summed E-state index contributed by atoms with van der Waals surface area (Å²) in [5.74, 6) is 0. The predicted octanol–water partition coefficient (Wildman–Crippen LogP) is 1.55. The molecule has 0 atom stereocenters. The van der Waals surface area contributed by atoms with Crippen LogP contribution in [0.25, 0.3) is 0 Å². The minimum atomic E-state index is -0.447. The van der Waals surface area contributed by atoms with Gasteiger partial charge in [-0.1, -0.05) is 11.6 Å². The van der Waals surface area contributed by atoms with Crippen LogP contribution in [0.4, 0.5) is 0 Å². The Morgan fingerprint density at radius 1 is 1.82 bits per heavy atom. The van der Waals surface area contributed by atoms with Crippen LogP contribution in [0.5, 0.6) is 0 Å². The zero-order chi connectivity index (χ0) is 8.43. The van der Waals surface area contributed by atoms with Crippen LogP contribution in [0.1, 0.15) is 0 Å². The molecule has 6 heteroatoms. The summed E-state index contributed by atoms with van der Waals surface area (Å²) in [6.45, 7) is 0.168. The lowest BCUT2D eigenvalue weighted by Crippen LogP contribution is -2.21. The van der Waals surface area contributed by atoms with Gasteiger partial charge < -0.3 is 5.32 Å². The van der Waals surface area contributed by atoms with Gasteiger partial charge in [0.1, 0.15) is 11.7 Å². The van der Waals surface area contributed by atoms with Gasteiger partial charge in [0.25, 0.3) is 5.70 Å². The van der Waals surface area contributed by atoms with E-state index in [0.29, 0.717) is 9.64 Å². The molecule has 0 aromatic carbocycles. The number of allylic oxidation sites excluding steroid dienone is 2. The molecule has 0 bridgehead atoms. The van der Waals surface area contributed by atoms with Gasteiger partial charge in [-0.25, -0.2) is 0 Å². The van der Waals surface area contributed by atoms with E-state index >= 15 is 0 Å². The fraction of sp³-hybridized carbons (Fsp3) is 0.200. The number of dihydropyridines is 1. The Morgan fingerprint density at radius 3 is 2.91 bits per heavy atom. The summed E-state index contributed by atoms with van der Waals surface area (Å²) in [7, 11) is 0. The number of nitrogens with one attached hydrogen (secondary N) is 1. The first-order valence-electron chi connectivity index (χ1n) is 2.75. The summed E-state index contributed by atoms with van der Waals surface area (Å²) in [6, 6.07) is 0. The van der Waals surface area contributed by atoms with E-state index in [1.807, 2.05) is 0 Å². The average Bonchev–Trinajstić information content (AvgIpc) is 1.94. The van der Waals surface area contributed by atoms with Crippen molar-refractivity contribution < 1.29 is 4.92 Å². The van der Waals surface area contributed by atoms with Crippen LogP contribution in [0.2, 0.25) is 0 Å². The maximum atomic E-state index is 10.2. The minimum absolute atomic E-state index is 0.0984. The third-order valence-corrected chi connectivity index (χ3v) is 2.35. The van der Waals surface area contributed by atoms with Gasteiger partial charge >= 0.3 is 0 Å². The number of rotatable bonds is 1. The Morgan fingerprint density at radius 2 is 2.45 bits per heavy atom. The van der Waals surface area contributed by atoms with E-state index in [4.69, 9.17) is 11.6 Å². The van der Waals surface area contributed by atoms with Crippen molar-refractivity contribution in [1.29, 1.82) is 0 Å². The van der Waals surface area contributed by atoms with Gasteiger partial charge in [0.2, 0.25) is 0 Å². The molecular weight excluding hydrogens is 235 g/mol. The van der Waals surface area contributed by atoms with E-state index in [1.165, 1.54) is 6.08 Å². The third kappa shape index (κ3) is 1.94. The highest BCUT2D eigenvalue weighted by atomic mass is 79.9. The minimum Gasteiger partial charge on any atom is -0.365 e. The molecule has 0 radical (unpaired) electrons. The summed E-state index contributed by atoms with van der Waals surface area (Å²) < 4.78 is 0.511. The molecule has 11 heavy (non-hydrogen) atoms. The molecule has 0 saturated carbocycles. The molecule has 0 unspecified atom stereocenters. The Balaban J connectivity index is 2.89. The topological polar surface area (TPSA) is 55.2 Å². The highest BCUT2D eigenvalue weighted by Gasteiger charge is 2.17. The van der Waals surface area contributed by atoms with Crippen molar-refractivity contribution in [2.45, 2.75) is 0 Å². The molecule has 60 valence electrons. The van der Waals surface area contributed by atoms with Gasteiger partial charge in [0.15, 0.2) is 0 Å². The molecule has 0 spiro atoms. The molecule has 0 aliphatic carbocycles. The van der Waals surface area contributed by atoms with E-state index in [-0.39, 0.29) is 12.2 Å². The first kappa shape index (κ1) is 8.55. The number of halogens is 2. The third-order valence-electron chi connectivity index (χ3n) is 1.16. The van der Waals surface area contributed by atoms with E-state index < -0.39 is 4.92 Å². The van der Waals surface area contributed by atoms with Crippen LogP contribution in [0.3, 0.4) is 0 Å². The van der Waals surface area contributed by atoms with E-state index in [1.54, 1.807) is 0 Å². The number of nitro groups is 1. The van der Waals surface area contributed by atoms with E-state index in [0.717, 1.165) is 0 Å². The Kier molecular flexibility index (Phi) is 2.51. The Labute approximate surface area is 76.2 Å². The van der Waals surface area contributed by atoms with Gasteiger partial charge in [0, 0.05) is 6.08 Å². The van der Waals surface area contributed by atoms with Crippen molar-refractivity contribution in [3.8, 4) is 0 Å². The molecule has 1 aliphatic heterocycles. The molecule has 0 aromatic rings. The lowest BCUT2D eigenvalue weighted by Gasteiger charge is -2.08. The van der Waals surface area contributed by atoms with E-state index in [2.05, 4.69) is 21.2 Å². The zero-order valence-electron chi connectivity index (χ0n) is 5.30. The molecule has 4 nitrogen and oxygen atoms in total. The maximum absolute atomic E-state index is 10.2. The summed E-state index contributed by atoms with van der Waals surface area (Å²) in [5.41, 5.74) is 0.0984. The summed E-state index contributed by atoms with van der Waals surface area (Å²) >= 11 is 8.66. The zero-order valence-corrected chi connectivity index (χ0v) is 7.65. The highest BCUT2D eigenvalue weighted by molar-refractivity contribution is 9.12.